The molecule has 1 saturated heterocycles. The molecule has 1 heterocycles. The Bertz CT molecular complexity index is 339. The second kappa shape index (κ2) is 5.05. The van der Waals surface area contributed by atoms with Crippen molar-refractivity contribution in [2.75, 3.05) is 19.8 Å². The number of halogens is 2. The Hall–Kier alpha value is -0.450. The number of morpholine rings is 1. The summed E-state index contributed by atoms with van der Waals surface area (Å²) in [7, 11) is 0. The van der Waals surface area contributed by atoms with E-state index in [1.165, 1.54) is 0 Å². The van der Waals surface area contributed by atoms with Crippen LogP contribution in [0.4, 0.5) is 4.39 Å². The van der Waals surface area contributed by atoms with Gasteiger partial charge >= 0.3 is 0 Å². The molecule has 1 N–H and O–H groups in total. The molecule has 0 radical (unpaired) electrons. The van der Waals surface area contributed by atoms with Gasteiger partial charge in [0.2, 0.25) is 0 Å². The zero-order valence-corrected chi connectivity index (χ0v) is 9.89. The van der Waals surface area contributed by atoms with Crippen molar-refractivity contribution < 1.29 is 9.13 Å². The molecule has 1 unspecified atom stereocenters. The van der Waals surface area contributed by atoms with E-state index >= 15 is 0 Å². The summed E-state index contributed by atoms with van der Waals surface area (Å²) < 4.78 is 19.1. The molecule has 2 rings (SSSR count). The van der Waals surface area contributed by atoms with Gasteiger partial charge in [-0.2, -0.15) is 0 Å². The summed E-state index contributed by atoms with van der Waals surface area (Å²) in [5.74, 6) is -0.204. The Morgan fingerprint density at radius 2 is 2.40 bits per heavy atom. The van der Waals surface area contributed by atoms with E-state index < -0.39 is 0 Å². The lowest BCUT2D eigenvalue weighted by Crippen LogP contribution is -2.42. The smallest absolute Gasteiger partial charge is 0.137 e. The van der Waals surface area contributed by atoms with Gasteiger partial charge in [-0.05, 0) is 40.0 Å². The molecule has 0 bridgehead atoms. The van der Waals surface area contributed by atoms with Crippen LogP contribution in [0.3, 0.4) is 0 Å². The number of ether oxygens (including phenoxy) is 1. The summed E-state index contributed by atoms with van der Waals surface area (Å²) >= 11 is 3.14. The van der Waals surface area contributed by atoms with Crippen LogP contribution < -0.4 is 5.32 Å². The molecule has 0 aliphatic carbocycles. The summed E-state index contributed by atoms with van der Waals surface area (Å²) in [6.45, 7) is 2.35. The van der Waals surface area contributed by atoms with E-state index in [0.29, 0.717) is 17.1 Å². The van der Waals surface area contributed by atoms with Gasteiger partial charge in [0.25, 0.3) is 0 Å². The normalized spacial score (nSPS) is 21.6. The Kier molecular flexibility index (Phi) is 3.72. The maximum Gasteiger partial charge on any atom is 0.137 e. The minimum absolute atomic E-state index is 0.204. The highest BCUT2D eigenvalue weighted by molar-refractivity contribution is 9.10. The third-order valence-corrected chi connectivity index (χ3v) is 3.11. The first-order valence-corrected chi connectivity index (χ1v) is 5.80. The standard InChI is InChI=1S/C11H13BrFNO/c12-10-2-1-8(6-11(10)13)5-9-7-15-4-3-14-9/h1-2,6,9,14H,3-5,7H2. The van der Waals surface area contributed by atoms with E-state index in [1.54, 1.807) is 12.1 Å². The van der Waals surface area contributed by atoms with Crippen LogP contribution in [0.25, 0.3) is 0 Å². The van der Waals surface area contributed by atoms with Gasteiger partial charge in [0.15, 0.2) is 0 Å². The van der Waals surface area contributed by atoms with E-state index in [2.05, 4.69) is 21.2 Å². The first-order valence-electron chi connectivity index (χ1n) is 5.01. The average Bonchev–Trinajstić information content (AvgIpc) is 2.25. The zero-order valence-electron chi connectivity index (χ0n) is 8.30. The van der Waals surface area contributed by atoms with Crippen LogP contribution in [0.2, 0.25) is 0 Å². The highest BCUT2D eigenvalue weighted by Crippen LogP contribution is 2.17. The maximum absolute atomic E-state index is 13.2. The highest BCUT2D eigenvalue weighted by atomic mass is 79.9. The van der Waals surface area contributed by atoms with Gasteiger partial charge in [-0.3, -0.25) is 0 Å². The van der Waals surface area contributed by atoms with Crippen molar-refractivity contribution in [2.24, 2.45) is 0 Å². The third-order valence-electron chi connectivity index (χ3n) is 2.46. The van der Waals surface area contributed by atoms with Gasteiger partial charge < -0.3 is 10.1 Å². The van der Waals surface area contributed by atoms with Gasteiger partial charge in [-0.15, -0.1) is 0 Å². The van der Waals surface area contributed by atoms with Crippen LogP contribution in [-0.4, -0.2) is 25.8 Å². The number of rotatable bonds is 2. The van der Waals surface area contributed by atoms with Gasteiger partial charge in [0.1, 0.15) is 5.82 Å². The van der Waals surface area contributed by atoms with Crippen molar-refractivity contribution in [3.63, 3.8) is 0 Å². The van der Waals surface area contributed by atoms with Crippen LogP contribution >= 0.6 is 15.9 Å². The van der Waals surface area contributed by atoms with Crippen LogP contribution in [0.15, 0.2) is 22.7 Å². The lowest BCUT2D eigenvalue weighted by Gasteiger charge is -2.23. The SMILES string of the molecule is Fc1cc(CC2COCCN2)ccc1Br. The molecule has 0 saturated carbocycles. The van der Waals surface area contributed by atoms with E-state index in [1.807, 2.05) is 6.07 Å². The van der Waals surface area contributed by atoms with Crippen molar-refractivity contribution in [1.82, 2.24) is 5.32 Å². The molecule has 82 valence electrons. The topological polar surface area (TPSA) is 21.3 Å². The van der Waals surface area contributed by atoms with E-state index in [9.17, 15) is 4.39 Å². The molecule has 1 aromatic carbocycles. The molecular weight excluding hydrogens is 261 g/mol. The highest BCUT2D eigenvalue weighted by Gasteiger charge is 2.13. The predicted molar refractivity (Wildman–Crippen MR) is 60.4 cm³/mol. The molecule has 1 atom stereocenters. The predicted octanol–water partition coefficient (Wildman–Crippen LogP) is 2.12. The number of hydrogen-bond donors (Lipinski definition) is 1. The summed E-state index contributed by atoms with van der Waals surface area (Å²) in [5.41, 5.74) is 0.999. The van der Waals surface area contributed by atoms with Gasteiger partial charge in [-0.1, -0.05) is 6.07 Å². The largest absolute Gasteiger partial charge is 0.379 e. The third kappa shape index (κ3) is 3.00. The molecule has 0 amide bonds. The molecule has 0 spiro atoms. The van der Waals surface area contributed by atoms with Crippen LogP contribution in [0.5, 0.6) is 0 Å². The molecular formula is C11H13BrFNO. The van der Waals surface area contributed by atoms with Gasteiger partial charge in [0.05, 0.1) is 17.7 Å². The fourth-order valence-corrected chi connectivity index (χ4v) is 1.95. The van der Waals surface area contributed by atoms with E-state index in [4.69, 9.17) is 4.74 Å². The molecule has 1 aliphatic heterocycles. The second-order valence-electron chi connectivity index (χ2n) is 3.68. The van der Waals surface area contributed by atoms with Crippen LogP contribution in [-0.2, 0) is 11.2 Å². The molecule has 1 aromatic rings. The summed E-state index contributed by atoms with van der Waals surface area (Å²) in [5, 5.41) is 3.34. The van der Waals surface area contributed by atoms with E-state index in [-0.39, 0.29) is 5.82 Å². The quantitative estimate of drug-likeness (QED) is 0.892. The zero-order chi connectivity index (χ0) is 10.7. The molecule has 0 aromatic heterocycles. The van der Waals surface area contributed by atoms with Crippen molar-refractivity contribution in [2.45, 2.75) is 12.5 Å². The lowest BCUT2D eigenvalue weighted by atomic mass is 10.1. The number of benzene rings is 1. The van der Waals surface area contributed by atoms with Crippen LogP contribution in [0, 0.1) is 5.82 Å². The average molecular weight is 274 g/mol. The van der Waals surface area contributed by atoms with Crippen molar-refractivity contribution >= 4 is 15.9 Å². The molecule has 15 heavy (non-hydrogen) atoms. The van der Waals surface area contributed by atoms with Gasteiger partial charge in [-0.25, -0.2) is 4.39 Å². The molecule has 1 fully saturated rings. The molecule has 2 nitrogen and oxygen atoms in total. The fourth-order valence-electron chi connectivity index (χ4n) is 1.70. The monoisotopic (exact) mass is 273 g/mol. The van der Waals surface area contributed by atoms with Crippen molar-refractivity contribution in [1.29, 1.82) is 0 Å². The Morgan fingerprint density at radius 1 is 1.53 bits per heavy atom. The van der Waals surface area contributed by atoms with Crippen LogP contribution in [0.1, 0.15) is 5.56 Å². The van der Waals surface area contributed by atoms with E-state index in [0.717, 1.165) is 25.1 Å². The first kappa shape index (κ1) is 11.0. The number of hydrogen-bond acceptors (Lipinski definition) is 2. The first-order chi connectivity index (χ1) is 7.25. The summed E-state index contributed by atoms with van der Waals surface area (Å²) in [6.07, 6.45) is 0.810. The Morgan fingerprint density at radius 3 is 3.07 bits per heavy atom. The molecule has 1 aliphatic rings. The second-order valence-corrected chi connectivity index (χ2v) is 4.53. The Balaban J connectivity index is 2.00. The minimum Gasteiger partial charge on any atom is -0.379 e. The van der Waals surface area contributed by atoms with Crippen molar-refractivity contribution in [3.05, 3.63) is 34.1 Å². The summed E-state index contributed by atoms with van der Waals surface area (Å²) in [4.78, 5) is 0. The summed E-state index contributed by atoms with van der Waals surface area (Å²) in [6, 6.07) is 5.55. The number of nitrogens with one attached hydrogen (secondary N) is 1. The maximum atomic E-state index is 13.2. The minimum atomic E-state index is -0.204. The lowest BCUT2D eigenvalue weighted by molar-refractivity contribution is 0.0770. The van der Waals surface area contributed by atoms with Crippen molar-refractivity contribution in [3.8, 4) is 0 Å². The molecule has 4 heteroatoms. The Labute approximate surface area is 96.9 Å². The fraction of sp³-hybridized carbons (Fsp3) is 0.455. The van der Waals surface area contributed by atoms with Gasteiger partial charge in [0, 0.05) is 12.6 Å².